The van der Waals surface area contributed by atoms with Gasteiger partial charge in [0.05, 0.1) is 0 Å². The standard InChI is InChI=1S/C22H24N2O5S2/c25-18-9-5-4-8-15(18)21-24(19(26)10-11-30)17(13-31-21)20(27)23-16(22(28)29)12-14-6-2-1-3-7-14/h1-9,16-17,21,25,30H,10-13H2,(H,23,27)(H,28,29). The summed E-state index contributed by atoms with van der Waals surface area (Å²) in [6.07, 6.45) is 0.263. The third-order valence-corrected chi connectivity index (χ3v) is 6.55. The zero-order valence-electron chi connectivity index (χ0n) is 16.7. The first-order valence-corrected chi connectivity index (χ1v) is 11.5. The van der Waals surface area contributed by atoms with Crippen molar-refractivity contribution < 1.29 is 24.6 Å². The lowest BCUT2D eigenvalue weighted by Crippen LogP contribution is -2.52. The van der Waals surface area contributed by atoms with Gasteiger partial charge in [-0.05, 0) is 17.4 Å². The molecule has 2 aromatic carbocycles. The molecule has 0 radical (unpaired) electrons. The normalized spacial score (nSPS) is 19.1. The van der Waals surface area contributed by atoms with Crippen molar-refractivity contribution in [1.82, 2.24) is 10.2 Å². The lowest BCUT2D eigenvalue weighted by molar-refractivity contribution is -0.144. The minimum absolute atomic E-state index is 0.0391. The largest absolute Gasteiger partial charge is 0.508 e. The third kappa shape index (κ3) is 5.54. The van der Waals surface area contributed by atoms with Crippen molar-refractivity contribution in [2.75, 3.05) is 11.5 Å². The first-order valence-electron chi connectivity index (χ1n) is 9.81. The van der Waals surface area contributed by atoms with E-state index < -0.39 is 29.3 Å². The molecule has 1 aliphatic rings. The van der Waals surface area contributed by atoms with Crippen LogP contribution in [0.2, 0.25) is 0 Å². The average Bonchev–Trinajstić information content (AvgIpc) is 3.19. The SMILES string of the molecule is O=C(O)C(Cc1ccccc1)NC(=O)C1CSC(c2ccccc2O)N1C(=O)CCS. The smallest absolute Gasteiger partial charge is 0.326 e. The molecular weight excluding hydrogens is 436 g/mol. The van der Waals surface area contributed by atoms with Crippen molar-refractivity contribution in [3.63, 3.8) is 0 Å². The van der Waals surface area contributed by atoms with E-state index >= 15 is 0 Å². The number of phenols is 1. The van der Waals surface area contributed by atoms with Gasteiger partial charge in [-0.2, -0.15) is 12.6 Å². The van der Waals surface area contributed by atoms with Crippen LogP contribution in [0.5, 0.6) is 5.75 Å². The van der Waals surface area contributed by atoms with Gasteiger partial charge in [0.25, 0.3) is 0 Å². The van der Waals surface area contributed by atoms with Crippen molar-refractivity contribution in [2.24, 2.45) is 0 Å². The highest BCUT2D eigenvalue weighted by molar-refractivity contribution is 7.99. The molecule has 1 aliphatic heterocycles. The predicted octanol–water partition coefficient (Wildman–Crippen LogP) is 2.47. The molecule has 9 heteroatoms. The summed E-state index contributed by atoms with van der Waals surface area (Å²) >= 11 is 5.49. The maximum atomic E-state index is 13.1. The van der Waals surface area contributed by atoms with Crippen LogP contribution in [0.3, 0.4) is 0 Å². The summed E-state index contributed by atoms with van der Waals surface area (Å²) in [5.41, 5.74) is 1.32. The Hall–Kier alpha value is -2.65. The van der Waals surface area contributed by atoms with E-state index in [2.05, 4.69) is 17.9 Å². The van der Waals surface area contributed by atoms with E-state index in [9.17, 15) is 24.6 Å². The number of phenolic OH excluding ortho intramolecular Hbond substituents is 1. The molecule has 0 spiro atoms. The van der Waals surface area contributed by atoms with Gasteiger partial charge in [-0.1, -0.05) is 48.5 Å². The fourth-order valence-electron chi connectivity index (χ4n) is 3.49. The minimum atomic E-state index is -1.15. The van der Waals surface area contributed by atoms with Crippen molar-refractivity contribution in [2.45, 2.75) is 30.3 Å². The number of aliphatic carboxylic acids is 1. The van der Waals surface area contributed by atoms with Crippen LogP contribution in [0.25, 0.3) is 0 Å². The summed E-state index contributed by atoms with van der Waals surface area (Å²) < 4.78 is 0. The van der Waals surface area contributed by atoms with Gasteiger partial charge in [0.1, 0.15) is 23.2 Å². The number of carboxylic acid groups (broad SMARTS) is 1. The van der Waals surface area contributed by atoms with Gasteiger partial charge in [-0.15, -0.1) is 11.8 Å². The molecule has 1 fully saturated rings. The third-order valence-electron chi connectivity index (χ3n) is 5.02. The molecule has 0 bridgehead atoms. The van der Waals surface area contributed by atoms with Crippen molar-refractivity contribution in [1.29, 1.82) is 0 Å². The lowest BCUT2D eigenvalue weighted by atomic mass is 10.1. The van der Waals surface area contributed by atoms with Gasteiger partial charge in [0.15, 0.2) is 0 Å². The molecule has 3 unspecified atom stereocenters. The Morgan fingerprint density at radius 2 is 1.81 bits per heavy atom. The highest BCUT2D eigenvalue weighted by atomic mass is 32.2. The van der Waals surface area contributed by atoms with Crippen molar-refractivity contribution in [3.05, 3.63) is 65.7 Å². The molecule has 1 saturated heterocycles. The van der Waals surface area contributed by atoms with Gasteiger partial charge in [0.2, 0.25) is 11.8 Å². The fourth-order valence-corrected chi connectivity index (χ4v) is 5.16. The number of carboxylic acids is 1. The molecule has 3 atom stereocenters. The molecule has 0 saturated carbocycles. The van der Waals surface area contributed by atoms with E-state index in [1.807, 2.05) is 6.07 Å². The Kier molecular flexibility index (Phi) is 7.86. The van der Waals surface area contributed by atoms with E-state index in [1.165, 1.54) is 22.7 Å². The molecule has 31 heavy (non-hydrogen) atoms. The van der Waals surface area contributed by atoms with Crippen LogP contribution >= 0.6 is 24.4 Å². The second-order valence-corrected chi connectivity index (χ2v) is 8.68. The summed E-state index contributed by atoms with van der Waals surface area (Å²) in [5.74, 6) is -1.30. The lowest BCUT2D eigenvalue weighted by Gasteiger charge is -2.30. The fraction of sp³-hybridized carbons (Fsp3) is 0.318. The number of hydrogen-bond acceptors (Lipinski definition) is 6. The number of amides is 2. The highest BCUT2D eigenvalue weighted by Gasteiger charge is 2.43. The van der Waals surface area contributed by atoms with Gasteiger partial charge in [-0.3, -0.25) is 9.59 Å². The Morgan fingerprint density at radius 1 is 1.13 bits per heavy atom. The van der Waals surface area contributed by atoms with E-state index in [1.54, 1.807) is 42.5 Å². The van der Waals surface area contributed by atoms with E-state index in [4.69, 9.17) is 0 Å². The van der Waals surface area contributed by atoms with Gasteiger partial charge < -0.3 is 20.4 Å². The first kappa shape index (κ1) is 23.0. The van der Waals surface area contributed by atoms with Crippen LogP contribution in [-0.4, -0.2) is 56.5 Å². The molecule has 0 aromatic heterocycles. The van der Waals surface area contributed by atoms with Gasteiger partial charge in [-0.25, -0.2) is 4.79 Å². The number of nitrogens with zero attached hydrogens (tertiary/aromatic N) is 1. The van der Waals surface area contributed by atoms with Gasteiger partial charge in [0, 0.05) is 24.2 Å². The molecule has 0 aliphatic carbocycles. The van der Waals surface area contributed by atoms with E-state index in [-0.39, 0.29) is 24.5 Å². The summed E-state index contributed by atoms with van der Waals surface area (Å²) in [6, 6.07) is 13.7. The zero-order valence-corrected chi connectivity index (χ0v) is 18.4. The van der Waals surface area contributed by atoms with Crippen LogP contribution < -0.4 is 5.32 Å². The number of rotatable bonds is 8. The Labute approximate surface area is 190 Å². The molecule has 3 N–H and O–H groups in total. The van der Waals surface area contributed by atoms with Crippen molar-refractivity contribution in [3.8, 4) is 5.75 Å². The van der Waals surface area contributed by atoms with E-state index in [0.717, 1.165) is 5.56 Å². The monoisotopic (exact) mass is 460 g/mol. The molecular formula is C22H24N2O5S2. The Balaban J connectivity index is 1.81. The molecule has 164 valence electrons. The minimum Gasteiger partial charge on any atom is -0.508 e. The molecule has 3 rings (SSSR count). The molecule has 2 aromatic rings. The maximum Gasteiger partial charge on any atom is 0.326 e. The number of carbonyl (C=O) groups is 3. The number of hydrogen-bond donors (Lipinski definition) is 4. The van der Waals surface area contributed by atoms with Crippen LogP contribution in [0.4, 0.5) is 0 Å². The highest BCUT2D eigenvalue weighted by Crippen LogP contribution is 2.44. The number of aromatic hydroxyl groups is 1. The summed E-state index contributed by atoms with van der Waals surface area (Å²) in [7, 11) is 0. The average molecular weight is 461 g/mol. The topological polar surface area (TPSA) is 107 Å². The van der Waals surface area contributed by atoms with Crippen LogP contribution in [0.1, 0.15) is 22.9 Å². The second-order valence-electron chi connectivity index (χ2n) is 7.12. The number of thioether (sulfide) groups is 1. The summed E-state index contributed by atoms with van der Waals surface area (Å²) in [4.78, 5) is 39.1. The zero-order chi connectivity index (χ0) is 22.4. The Morgan fingerprint density at radius 3 is 2.45 bits per heavy atom. The first-order chi connectivity index (χ1) is 14.9. The van der Waals surface area contributed by atoms with Gasteiger partial charge >= 0.3 is 5.97 Å². The summed E-state index contributed by atoms with van der Waals surface area (Å²) in [5, 5.41) is 21.9. The number of para-hydroxylation sites is 1. The van der Waals surface area contributed by atoms with Crippen molar-refractivity contribution >= 4 is 42.2 Å². The molecule has 2 amide bonds. The second kappa shape index (κ2) is 10.6. The number of nitrogens with one attached hydrogen (secondary N) is 1. The number of benzene rings is 2. The number of thiol groups is 1. The maximum absolute atomic E-state index is 13.1. The van der Waals surface area contributed by atoms with E-state index in [0.29, 0.717) is 17.1 Å². The quantitative estimate of drug-likeness (QED) is 0.451. The van der Waals surface area contributed by atoms with Crippen LogP contribution in [0, 0.1) is 0 Å². The van der Waals surface area contributed by atoms with Crippen LogP contribution in [0.15, 0.2) is 54.6 Å². The van der Waals surface area contributed by atoms with Crippen LogP contribution in [-0.2, 0) is 20.8 Å². The Bertz CT molecular complexity index is 941. The predicted molar refractivity (Wildman–Crippen MR) is 122 cm³/mol. The summed E-state index contributed by atoms with van der Waals surface area (Å²) in [6.45, 7) is 0. The number of carbonyl (C=O) groups excluding carboxylic acids is 2. The molecule has 1 heterocycles. The molecule has 7 nitrogen and oxygen atoms in total.